The molecule has 78 valence electrons. The minimum absolute atomic E-state index is 0.149. The van der Waals surface area contributed by atoms with Crippen LogP contribution in [0, 0.1) is 0 Å². The molecule has 0 bridgehead atoms. The third-order valence-corrected chi connectivity index (χ3v) is 1.94. The van der Waals surface area contributed by atoms with Crippen molar-refractivity contribution in [3.8, 4) is 0 Å². The Hall–Kier alpha value is -1.06. The van der Waals surface area contributed by atoms with Crippen LogP contribution in [0.15, 0.2) is 24.3 Å². The topological polar surface area (TPSA) is 0 Å². The maximum absolute atomic E-state index is 12.3. The van der Waals surface area contributed by atoms with Crippen molar-refractivity contribution in [3.05, 3.63) is 35.4 Å². The van der Waals surface area contributed by atoms with Gasteiger partial charge in [-0.2, -0.15) is 13.2 Å². The van der Waals surface area contributed by atoms with Gasteiger partial charge in [0.1, 0.15) is 6.67 Å². The Kier molecular flexibility index (Phi) is 3.49. The summed E-state index contributed by atoms with van der Waals surface area (Å²) in [6.45, 7) is -0.714. The van der Waals surface area contributed by atoms with Crippen LogP contribution in [0.25, 0.3) is 0 Å². The molecular formula is C10H10F4. The van der Waals surface area contributed by atoms with E-state index in [-0.39, 0.29) is 6.42 Å². The Morgan fingerprint density at radius 2 is 1.57 bits per heavy atom. The van der Waals surface area contributed by atoms with Crippen molar-refractivity contribution in [2.24, 2.45) is 0 Å². The molecule has 0 atom stereocenters. The van der Waals surface area contributed by atoms with E-state index in [1.54, 1.807) is 12.1 Å². The summed E-state index contributed by atoms with van der Waals surface area (Å²) < 4.78 is 48.0. The lowest BCUT2D eigenvalue weighted by atomic mass is 10.0. The second-order valence-electron chi connectivity index (χ2n) is 3.02. The van der Waals surface area contributed by atoms with Gasteiger partial charge in [-0.1, -0.05) is 24.3 Å². The van der Waals surface area contributed by atoms with Crippen LogP contribution in [-0.2, 0) is 13.1 Å². The normalized spacial score (nSPS) is 11.7. The molecule has 0 aliphatic heterocycles. The molecule has 0 spiro atoms. The molecule has 0 amide bonds. The highest BCUT2D eigenvalue weighted by Gasteiger charge is 2.26. The summed E-state index contributed by atoms with van der Waals surface area (Å²) >= 11 is 0. The number of halogens is 4. The molecule has 1 aromatic carbocycles. The van der Waals surface area contributed by atoms with Crippen LogP contribution in [0.1, 0.15) is 17.5 Å². The number of hydrogen-bond donors (Lipinski definition) is 0. The summed E-state index contributed by atoms with van der Waals surface area (Å²) in [6.07, 6.45) is -5.23. The lowest BCUT2D eigenvalue weighted by molar-refractivity contribution is -0.134. The molecule has 0 saturated carbocycles. The summed E-state index contributed by atoms with van der Waals surface area (Å²) in [5, 5.41) is 0. The summed E-state index contributed by atoms with van der Waals surface area (Å²) in [5.74, 6) is 0. The van der Waals surface area contributed by atoms with Gasteiger partial charge in [0.25, 0.3) is 0 Å². The first-order valence-electron chi connectivity index (χ1n) is 4.22. The van der Waals surface area contributed by atoms with Crippen LogP contribution in [0.3, 0.4) is 0 Å². The first-order chi connectivity index (χ1) is 6.53. The molecule has 4 heteroatoms. The van der Waals surface area contributed by atoms with Gasteiger partial charge in [0.05, 0.1) is 0 Å². The van der Waals surface area contributed by atoms with Crippen molar-refractivity contribution in [1.82, 2.24) is 0 Å². The lowest BCUT2D eigenvalue weighted by Crippen LogP contribution is -2.09. The SMILES string of the molecule is FCc1ccccc1CCC(F)(F)F. The number of benzene rings is 1. The molecule has 0 saturated heterocycles. The monoisotopic (exact) mass is 206 g/mol. The molecule has 0 aromatic heterocycles. The summed E-state index contributed by atoms with van der Waals surface area (Å²) in [6, 6.07) is 6.27. The third-order valence-electron chi connectivity index (χ3n) is 1.94. The van der Waals surface area contributed by atoms with Crippen LogP contribution in [0.2, 0.25) is 0 Å². The molecule has 0 fully saturated rings. The summed E-state index contributed by atoms with van der Waals surface area (Å²) in [4.78, 5) is 0. The van der Waals surface area contributed by atoms with Crippen molar-refractivity contribution in [2.75, 3.05) is 0 Å². The predicted octanol–water partition coefficient (Wildman–Crippen LogP) is 3.65. The Morgan fingerprint density at radius 3 is 2.07 bits per heavy atom. The molecule has 0 N–H and O–H groups in total. The fraction of sp³-hybridized carbons (Fsp3) is 0.400. The van der Waals surface area contributed by atoms with Crippen LogP contribution in [0.4, 0.5) is 17.6 Å². The molecule has 0 aliphatic carbocycles. The molecular weight excluding hydrogens is 196 g/mol. The van der Waals surface area contributed by atoms with Crippen molar-refractivity contribution in [2.45, 2.75) is 25.7 Å². The van der Waals surface area contributed by atoms with Crippen molar-refractivity contribution < 1.29 is 17.6 Å². The van der Waals surface area contributed by atoms with Crippen LogP contribution in [-0.4, -0.2) is 6.18 Å². The van der Waals surface area contributed by atoms with E-state index >= 15 is 0 Å². The predicted molar refractivity (Wildman–Crippen MR) is 45.6 cm³/mol. The van der Waals surface area contributed by atoms with Crippen molar-refractivity contribution in [3.63, 3.8) is 0 Å². The highest BCUT2D eigenvalue weighted by atomic mass is 19.4. The van der Waals surface area contributed by atoms with Crippen LogP contribution >= 0.6 is 0 Å². The van der Waals surface area contributed by atoms with Crippen molar-refractivity contribution >= 4 is 0 Å². The van der Waals surface area contributed by atoms with E-state index in [0.717, 1.165) is 0 Å². The van der Waals surface area contributed by atoms with E-state index in [1.165, 1.54) is 12.1 Å². The molecule has 0 heterocycles. The van der Waals surface area contributed by atoms with Crippen LogP contribution < -0.4 is 0 Å². The summed E-state index contributed by atoms with van der Waals surface area (Å²) in [7, 11) is 0. The van der Waals surface area contributed by atoms with E-state index < -0.39 is 19.3 Å². The second kappa shape index (κ2) is 4.44. The highest BCUT2D eigenvalue weighted by molar-refractivity contribution is 5.26. The Bertz CT molecular complexity index is 290. The van der Waals surface area contributed by atoms with Gasteiger partial charge in [0.15, 0.2) is 0 Å². The van der Waals surface area contributed by atoms with E-state index in [9.17, 15) is 17.6 Å². The lowest BCUT2D eigenvalue weighted by Gasteiger charge is -2.08. The quantitative estimate of drug-likeness (QED) is 0.662. The molecule has 0 nitrogen and oxygen atoms in total. The average Bonchev–Trinajstić information content (AvgIpc) is 2.14. The maximum Gasteiger partial charge on any atom is 0.389 e. The zero-order valence-corrected chi connectivity index (χ0v) is 7.44. The molecule has 1 aromatic rings. The van der Waals surface area contributed by atoms with Gasteiger partial charge in [-0.25, -0.2) is 4.39 Å². The van der Waals surface area contributed by atoms with E-state index in [2.05, 4.69) is 0 Å². The minimum Gasteiger partial charge on any atom is -0.246 e. The van der Waals surface area contributed by atoms with Gasteiger partial charge in [0, 0.05) is 6.42 Å². The first kappa shape index (κ1) is 11.0. The highest BCUT2D eigenvalue weighted by Crippen LogP contribution is 2.23. The average molecular weight is 206 g/mol. The molecule has 0 radical (unpaired) electrons. The number of hydrogen-bond acceptors (Lipinski definition) is 0. The van der Waals surface area contributed by atoms with E-state index in [1.807, 2.05) is 0 Å². The fourth-order valence-corrected chi connectivity index (χ4v) is 1.21. The zero-order valence-electron chi connectivity index (χ0n) is 7.44. The molecule has 0 unspecified atom stereocenters. The largest absolute Gasteiger partial charge is 0.389 e. The minimum atomic E-state index is -4.18. The van der Waals surface area contributed by atoms with Gasteiger partial charge in [0.2, 0.25) is 0 Å². The van der Waals surface area contributed by atoms with Gasteiger partial charge in [-0.05, 0) is 17.5 Å². The molecule has 1 rings (SSSR count). The molecule has 0 aliphatic rings. The fourth-order valence-electron chi connectivity index (χ4n) is 1.21. The molecule has 14 heavy (non-hydrogen) atoms. The first-order valence-corrected chi connectivity index (χ1v) is 4.22. The second-order valence-corrected chi connectivity index (χ2v) is 3.02. The smallest absolute Gasteiger partial charge is 0.246 e. The zero-order chi connectivity index (χ0) is 10.6. The standard InChI is InChI=1S/C10H10F4/c11-7-9-4-2-1-3-8(9)5-6-10(12,13)14/h1-4H,5-7H2. The number of rotatable bonds is 3. The maximum atomic E-state index is 12.3. The van der Waals surface area contributed by atoms with Crippen LogP contribution in [0.5, 0.6) is 0 Å². The Morgan fingerprint density at radius 1 is 1.00 bits per heavy atom. The number of alkyl halides is 4. The van der Waals surface area contributed by atoms with Gasteiger partial charge in [-0.3, -0.25) is 0 Å². The number of aryl methyl sites for hydroxylation is 1. The van der Waals surface area contributed by atoms with Gasteiger partial charge >= 0.3 is 6.18 Å². The van der Waals surface area contributed by atoms with E-state index in [4.69, 9.17) is 0 Å². The Labute approximate surface area is 79.6 Å². The Balaban J connectivity index is 2.67. The van der Waals surface area contributed by atoms with Gasteiger partial charge in [-0.15, -0.1) is 0 Å². The van der Waals surface area contributed by atoms with Crippen molar-refractivity contribution in [1.29, 1.82) is 0 Å². The van der Waals surface area contributed by atoms with Gasteiger partial charge < -0.3 is 0 Å². The third kappa shape index (κ3) is 3.36. The summed E-state index contributed by atoms with van der Waals surface area (Å²) in [5.41, 5.74) is 0.782. The van der Waals surface area contributed by atoms with E-state index in [0.29, 0.717) is 11.1 Å².